The third-order valence-corrected chi connectivity index (χ3v) is 7.06. The Kier molecular flexibility index (Phi) is 4.81. The first kappa shape index (κ1) is 18.2. The average Bonchev–Trinajstić information content (AvgIpc) is 3.30. The van der Waals surface area contributed by atoms with Crippen molar-refractivity contribution in [3.63, 3.8) is 0 Å². The van der Waals surface area contributed by atoms with Crippen molar-refractivity contribution < 1.29 is 17.6 Å². The zero-order chi connectivity index (χ0) is 19.0. The van der Waals surface area contributed by atoms with Gasteiger partial charge in [-0.2, -0.15) is 5.10 Å². The molecule has 0 radical (unpaired) electrons. The van der Waals surface area contributed by atoms with Crippen LogP contribution in [0.25, 0.3) is 11.5 Å². The third-order valence-electron chi connectivity index (χ3n) is 5.45. The van der Waals surface area contributed by atoms with Crippen LogP contribution in [0.5, 0.6) is 0 Å². The topological polar surface area (TPSA) is 99.5 Å². The van der Waals surface area contributed by atoms with Crippen LogP contribution in [0, 0.1) is 6.92 Å². The maximum atomic E-state index is 12.7. The number of carbonyl (C=O) groups is 1. The van der Waals surface area contributed by atoms with Crippen LogP contribution in [0.1, 0.15) is 29.1 Å². The number of aryl methyl sites for hydroxylation is 1. The van der Waals surface area contributed by atoms with Crippen LogP contribution in [-0.2, 0) is 9.84 Å². The smallest absolute Gasteiger partial charge is 0.274 e. The molecule has 2 aromatic heterocycles. The Hall–Kier alpha value is -2.13. The van der Waals surface area contributed by atoms with Gasteiger partial charge in [0.2, 0.25) is 0 Å². The molecule has 0 saturated carbocycles. The highest BCUT2D eigenvalue weighted by Gasteiger charge is 2.31. The Labute approximate surface area is 158 Å². The lowest BCUT2D eigenvalue weighted by atomic mass is 10.0. The van der Waals surface area contributed by atoms with E-state index in [9.17, 15) is 13.2 Å². The van der Waals surface area contributed by atoms with Gasteiger partial charge in [0.1, 0.15) is 11.5 Å². The number of hydrogen-bond donors (Lipinski definition) is 1. The van der Waals surface area contributed by atoms with Crippen LogP contribution in [-0.4, -0.2) is 78.0 Å². The van der Waals surface area contributed by atoms with Crippen molar-refractivity contribution in [2.24, 2.45) is 0 Å². The highest BCUT2D eigenvalue weighted by molar-refractivity contribution is 7.91. The van der Waals surface area contributed by atoms with Crippen molar-refractivity contribution in [1.29, 1.82) is 0 Å². The Morgan fingerprint density at radius 2 is 1.89 bits per heavy atom. The number of sulfone groups is 1. The Morgan fingerprint density at radius 1 is 1.19 bits per heavy atom. The Morgan fingerprint density at radius 3 is 2.52 bits per heavy atom. The second-order valence-electron chi connectivity index (χ2n) is 7.29. The number of furan rings is 1. The number of H-pyrrole nitrogens is 1. The summed E-state index contributed by atoms with van der Waals surface area (Å²) in [4.78, 5) is 16.8. The van der Waals surface area contributed by atoms with E-state index >= 15 is 0 Å². The summed E-state index contributed by atoms with van der Waals surface area (Å²) in [6, 6.07) is 5.79. The molecule has 0 unspecified atom stereocenters. The standard InChI is InChI=1S/C18H24N4O4S/c1-13-2-3-17(26-13)15-12-16(20-19-15)18(23)22-6-4-14(5-7-22)21-8-10-27(24,25)11-9-21/h2-3,12,14H,4-11H2,1H3,(H,19,20). The van der Waals surface area contributed by atoms with Crippen LogP contribution in [0.15, 0.2) is 22.6 Å². The number of aromatic nitrogens is 2. The molecule has 4 rings (SSSR count). The summed E-state index contributed by atoms with van der Waals surface area (Å²) in [6.45, 7) is 4.40. The first-order valence-corrected chi connectivity index (χ1v) is 11.1. The van der Waals surface area contributed by atoms with Crippen LogP contribution >= 0.6 is 0 Å². The molecule has 4 heterocycles. The van der Waals surface area contributed by atoms with E-state index in [0.29, 0.717) is 49.4 Å². The molecule has 2 aliphatic rings. The van der Waals surface area contributed by atoms with Gasteiger partial charge >= 0.3 is 0 Å². The van der Waals surface area contributed by atoms with Gasteiger partial charge in [0.15, 0.2) is 21.3 Å². The van der Waals surface area contributed by atoms with Crippen LogP contribution in [0.2, 0.25) is 0 Å². The SMILES string of the molecule is Cc1ccc(-c2cc(C(=O)N3CCC(N4CCS(=O)(=O)CC4)CC3)n[nH]2)o1. The molecule has 0 spiro atoms. The van der Waals surface area contributed by atoms with Crippen molar-refractivity contribution in [1.82, 2.24) is 20.0 Å². The van der Waals surface area contributed by atoms with Gasteiger partial charge in [0.05, 0.1) is 11.5 Å². The van der Waals surface area contributed by atoms with E-state index < -0.39 is 9.84 Å². The average molecular weight is 392 g/mol. The van der Waals surface area contributed by atoms with E-state index in [1.54, 1.807) is 6.07 Å². The molecule has 0 bridgehead atoms. The number of hydrogen-bond acceptors (Lipinski definition) is 6. The predicted octanol–water partition coefficient (Wildman–Crippen LogP) is 1.31. The maximum absolute atomic E-state index is 12.7. The number of likely N-dealkylation sites (tertiary alicyclic amines) is 1. The van der Waals surface area contributed by atoms with E-state index in [-0.39, 0.29) is 17.4 Å². The first-order valence-electron chi connectivity index (χ1n) is 9.27. The second kappa shape index (κ2) is 7.12. The van der Waals surface area contributed by atoms with E-state index in [1.807, 2.05) is 24.0 Å². The van der Waals surface area contributed by atoms with Gasteiger partial charge in [-0.3, -0.25) is 14.8 Å². The number of nitrogens with one attached hydrogen (secondary N) is 1. The minimum Gasteiger partial charge on any atom is -0.460 e. The lowest BCUT2D eigenvalue weighted by Gasteiger charge is -2.39. The van der Waals surface area contributed by atoms with E-state index in [0.717, 1.165) is 18.6 Å². The summed E-state index contributed by atoms with van der Waals surface area (Å²) in [7, 11) is -2.86. The van der Waals surface area contributed by atoms with Crippen molar-refractivity contribution in [3.8, 4) is 11.5 Å². The molecule has 2 fully saturated rings. The molecular weight excluding hydrogens is 368 g/mol. The third kappa shape index (κ3) is 3.93. The van der Waals surface area contributed by atoms with Crippen LogP contribution < -0.4 is 0 Å². The van der Waals surface area contributed by atoms with Gasteiger partial charge in [0, 0.05) is 38.3 Å². The Balaban J connectivity index is 1.34. The number of amides is 1. The van der Waals surface area contributed by atoms with Gasteiger partial charge in [-0.25, -0.2) is 8.42 Å². The minimum absolute atomic E-state index is 0.0829. The summed E-state index contributed by atoms with van der Waals surface area (Å²) in [5, 5.41) is 7.02. The van der Waals surface area contributed by atoms with Crippen LogP contribution in [0.3, 0.4) is 0 Å². The second-order valence-corrected chi connectivity index (χ2v) is 9.59. The van der Waals surface area contributed by atoms with Gasteiger partial charge < -0.3 is 9.32 Å². The van der Waals surface area contributed by atoms with Gasteiger partial charge in [-0.05, 0) is 31.9 Å². The van der Waals surface area contributed by atoms with E-state index in [1.165, 1.54) is 0 Å². The fourth-order valence-corrected chi connectivity index (χ4v) is 5.05. The fraction of sp³-hybridized carbons (Fsp3) is 0.556. The number of rotatable bonds is 3. The molecule has 2 aliphatic heterocycles. The maximum Gasteiger partial charge on any atom is 0.274 e. The number of nitrogens with zero attached hydrogens (tertiary/aromatic N) is 3. The summed E-state index contributed by atoms with van der Waals surface area (Å²) in [5.74, 6) is 1.88. The number of piperidine rings is 1. The summed E-state index contributed by atoms with van der Waals surface area (Å²) in [5.41, 5.74) is 1.08. The van der Waals surface area contributed by atoms with Gasteiger partial charge in [-0.1, -0.05) is 0 Å². The van der Waals surface area contributed by atoms with Gasteiger partial charge in [-0.15, -0.1) is 0 Å². The molecule has 2 aromatic rings. The zero-order valence-electron chi connectivity index (χ0n) is 15.3. The normalized spacial score (nSPS) is 21.4. The largest absolute Gasteiger partial charge is 0.460 e. The number of aromatic amines is 1. The predicted molar refractivity (Wildman–Crippen MR) is 100 cm³/mol. The molecule has 1 N–H and O–H groups in total. The Bertz CT molecular complexity index is 911. The lowest BCUT2D eigenvalue weighted by molar-refractivity contribution is 0.0624. The molecule has 8 nitrogen and oxygen atoms in total. The summed E-state index contributed by atoms with van der Waals surface area (Å²) in [6.07, 6.45) is 1.72. The molecule has 0 aromatic carbocycles. The van der Waals surface area contributed by atoms with Gasteiger partial charge in [0.25, 0.3) is 5.91 Å². The van der Waals surface area contributed by atoms with Crippen molar-refractivity contribution in [2.75, 3.05) is 37.7 Å². The number of carbonyl (C=O) groups excluding carboxylic acids is 1. The summed E-state index contributed by atoms with van der Waals surface area (Å²) < 4.78 is 28.7. The molecule has 2 saturated heterocycles. The van der Waals surface area contributed by atoms with E-state index in [2.05, 4.69) is 15.1 Å². The monoisotopic (exact) mass is 392 g/mol. The molecule has 27 heavy (non-hydrogen) atoms. The van der Waals surface area contributed by atoms with E-state index in [4.69, 9.17) is 4.42 Å². The highest BCUT2D eigenvalue weighted by Crippen LogP contribution is 2.23. The molecule has 0 aliphatic carbocycles. The molecule has 1 amide bonds. The molecular formula is C18H24N4O4S. The fourth-order valence-electron chi connectivity index (χ4n) is 3.82. The van der Waals surface area contributed by atoms with Crippen molar-refractivity contribution >= 4 is 15.7 Å². The van der Waals surface area contributed by atoms with Crippen molar-refractivity contribution in [2.45, 2.75) is 25.8 Å². The molecule has 0 atom stereocenters. The first-order chi connectivity index (χ1) is 12.9. The molecule has 146 valence electrons. The highest BCUT2D eigenvalue weighted by atomic mass is 32.2. The minimum atomic E-state index is -2.86. The van der Waals surface area contributed by atoms with Crippen LogP contribution in [0.4, 0.5) is 0 Å². The quantitative estimate of drug-likeness (QED) is 0.846. The molecule has 9 heteroatoms. The lowest BCUT2D eigenvalue weighted by Crippen LogP contribution is -2.51. The van der Waals surface area contributed by atoms with Crippen molar-refractivity contribution in [3.05, 3.63) is 29.7 Å². The zero-order valence-corrected chi connectivity index (χ0v) is 16.2. The summed E-state index contributed by atoms with van der Waals surface area (Å²) >= 11 is 0.